The van der Waals surface area contributed by atoms with Crippen molar-refractivity contribution in [2.24, 2.45) is 0 Å². The standard InChI is InChI=1S/C15H12ClN/c16-15-9-5-4-8-13(15)10-14(11-17)12-6-2-1-3-7-12/h1-9,14H,10H2/t14-/m1/s1. The molecular formula is C15H12ClN. The van der Waals surface area contributed by atoms with Crippen molar-refractivity contribution in [3.63, 3.8) is 0 Å². The summed E-state index contributed by atoms with van der Waals surface area (Å²) in [6.07, 6.45) is 0.653. The summed E-state index contributed by atoms with van der Waals surface area (Å²) >= 11 is 6.10. The Balaban J connectivity index is 2.23. The molecule has 0 radical (unpaired) electrons. The molecule has 0 aliphatic carbocycles. The van der Waals surface area contributed by atoms with Crippen LogP contribution in [-0.4, -0.2) is 0 Å². The van der Waals surface area contributed by atoms with Crippen molar-refractivity contribution < 1.29 is 0 Å². The van der Waals surface area contributed by atoms with Gasteiger partial charge in [0.05, 0.1) is 12.0 Å². The molecule has 2 aromatic carbocycles. The van der Waals surface area contributed by atoms with E-state index < -0.39 is 0 Å². The van der Waals surface area contributed by atoms with Crippen LogP contribution in [0.5, 0.6) is 0 Å². The van der Waals surface area contributed by atoms with Crippen molar-refractivity contribution in [2.75, 3.05) is 0 Å². The largest absolute Gasteiger partial charge is 0.198 e. The first kappa shape index (κ1) is 11.7. The highest BCUT2D eigenvalue weighted by Crippen LogP contribution is 2.24. The summed E-state index contributed by atoms with van der Waals surface area (Å²) < 4.78 is 0. The number of halogens is 1. The Morgan fingerprint density at radius 3 is 2.29 bits per heavy atom. The van der Waals surface area contributed by atoms with Gasteiger partial charge in [-0.25, -0.2) is 0 Å². The Hall–Kier alpha value is -1.78. The second-order valence-corrected chi connectivity index (χ2v) is 4.30. The Kier molecular flexibility index (Phi) is 3.80. The summed E-state index contributed by atoms with van der Waals surface area (Å²) in [5, 5.41) is 9.96. The molecule has 2 rings (SSSR count). The SMILES string of the molecule is N#C[C@@H](Cc1ccccc1Cl)c1ccccc1. The van der Waals surface area contributed by atoms with Gasteiger partial charge in [0.1, 0.15) is 0 Å². The van der Waals surface area contributed by atoms with E-state index >= 15 is 0 Å². The van der Waals surface area contributed by atoms with Gasteiger partial charge in [-0.3, -0.25) is 0 Å². The van der Waals surface area contributed by atoms with E-state index in [0.29, 0.717) is 6.42 Å². The molecule has 0 fully saturated rings. The summed E-state index contributed by atoms with van der Waals surface area (Å²) in [5.41, 5.74) is 2.06. The van der Waals surface area contributed by atoms with Gasteiger partial charge in [0.25, 0.3) is 0 Å². The van der Waals surface area contributed by atoms with Crippen LogP contribution in [0.1, 0.15) is 17.0 Å². The van der Waals surface area contributed by atoms with Gasteiger partial charge in [-0.1, -0.05) is 60.1 Å². The molecule has 17 heavy (non-hydrogen) atoms. The third-order valence-corrected chi connectivity index (χ3v) is 3.11. The minimum absolute atomic E-state index is 0.143. The topological polar surface area (TPSA) is 23.8 Å². The van der Waals surface area contributed by atoms with E-state index in [9.17, 15) is 5.26 Å². The first-order chi connectivity index (χ1) is 8.31. The van der Waals surface area contributed by atoms with Gasteiger partial charge < -0.3 is 0 Å². The highest BCUT2D eigenvalue weighted by atomic mass is 35.5. The van der Waals surface area contributed by atoms with Gasteiger partial charge in [0.15, 0.2) is 0 Å². The molecule has 0 saturated carbocycles. The highest BCUT2D eigenvalue weighted by molar-refractivity contribution is 6.31. The molecule has 1 atom stereocenters. The Labute approximate surface area is 106 Å². The van der Waals surface area contributed by atoms with Crippen LogP contribution in [0.15, 0.2) is 54.6 Å². The number of rotatable bonds is 3. The van der Waals surface area contributed by atoms with Crippen LogP contribution in [0.4, 0.5) is 0 Å². The first-order valence-electron chi connectivity index (χ1n) is 5.49. The van der Waals surface area contributed by atoms with Crippen LogP contribution < -0.4 is 0 Å². The van der Waals surface area contributed by atoms with Crippen LogP contribution in [0.3, 0.4) is 0 Å². The molecule has 0 aromatic heterocycles. The molecule has 1 nitrogen and oxygen atoms in total. The van der Waals surface area contributed by atoms with E-state index in [2.05, 4.69) is 6.07 Å². The summed E-state index contributed by atoms with van der Waals surface area (Å²) in [4.78, 5) is 0. The highest BCUT2D eigenvalue weighted by Gasteiger charge is 2.12. The van der Waals surface area contributed by atoms with E-state index in [4.69, 9.17) is 11.6 Å². The molecule has 0 aliphatic heterocycles. The summed E-state index contributed by atoms with van der Waals surface area (Å²) in [5.74, 6) is -0.143. The van der Waals surface area contributed by atoms with Crippen LogP contribution in [0.2, 0.25) is 5.02 Å². The van der Waals surface area contributed by atoms with Crippen LogP contribution in [0.25, 0.3) is 0 Å². The van der Waals surface area contributed by atoms with Crippen molar-refractivity contribution >= 4 is 11.6 Å². The molecule has 0 spiro atoms. The Morgan fingerprint density at radius 1 is 1.00 bits per heavy atom. The average molecular weight is 242 g/mol. The zero-order valence-electron chi connectivity index (χ0n) is 9.31. The molecular weight excluding hydrogens is 230 g/mol. The van der Waals surface area contributed by atoms with E-state index in [1.807, 2.05) is 54.6 Å². The lowest BCUT2D eigenvalue weighted by atomic mass is 9.93. The third-order valence-electron chi connectivity index (χ3n) is 2.74. The minimum Gasteiger partial charge on any atom is -0.198 e. The van der Waals surface area contributed by atoms with Crippen molar-refractivity contribution in [1.29, 1.82) is 5.26 Å². The number of hydrogen-bond donors (Lipinski definition) is 0. The molecule has 0 saturated heterocycles. The molecule has 0 heterocycles. The van der Waals surface area contributed by atoms with E-state index in [1.54, 1.807) is 0 Å². The van der Waals surface area contributed by atoms with Crippen molar-refractivity contribution in [2.45, 2.75) is 12.3 Å². The number of nitriles is 1. The lowest BCUT2D eigenvalue weighted by molar-refractivity contribution is 0.849. The van der Waals surface area contributed by atoms with Gasteiger partial charge in [0.2, 0.25) is 0 Å². The lowest BCUT2D eigenvalue weighted by Gasteiger charge is -2.10. The second-order valence-electron chi connectivity index (χ2n) is 3.89. The van der Waals surface area contributed by atoms with Gasteiger partial charge in [-0.05, 0) is 23.6 Å². The van der Waals surface area contributed by atoms with Crippen molar-refractivity contribution in [1.82, 2.24) is 0 Å². The van der Waals surface area contributed by atoms with Crippen LogP contribution in [0, 0.1) is 11.3 Å². The molecule has 2 aromatic rings. The Bertz CT molecular complexity index is 528. The third kappa shape index (κ3) is 2.87. The first-order valence-corrected chi connectivity index (χ1v) is 5.87. The molecule has 0 aliphatic rings. The van der Waals surface area contributed by atoms with Crippen LogP contribution in [-0.2, 0) is 6.42 Å². The summed E-state index contributed by atoms with van der Waals surface area (Å²) in [6.45, 7) is 0. The lowest BCUT2D eigenvalue weighted by Crippen LogP contribution is -2.00. The maximum Gasteiger partial charge on any atom is 0.0753 e. The summed E-state index contributed by atoms with van der Waals surface area (Å²) in [6, 6.07) is 19.8. The van der Waals surface area contributed by atoms with E-state index in [1.165, 1.54) is 0 Å². The smallest absolute Gasteiger partial charge is 0.0753 e. The molecule has 84 valence electrons. The number of hydrogen-bond acceptors (Lipinski definition) is 1. The van der Waals surface area contributed by atoms with Crippen molar-refractivity contribution in [3.05, 3.63) is 70.7 Å². The number of nitrogens with zero attached hydrogens (tertiary/aromatic N) is 1. The summed E-state index contributed by atoms with van der Waals surface area (Å²) in [7, 11) is 0. The van der Waals surface area contributed by atoms with Gasteiger partial charge >= 0.3 is 0 Å². The van der Waals surface area contributed by atoms with Gasteiger partial charge in [0, 0.05) is 5.02 Å². The molecule has 0 N–H and O–H groups in total. The molecule has 0 bridgehead atoms. The predicted octanol–water partition coefficient (Wildman–Crippen LogP) is 4.19. The average Bonchev–Trinajstić information content (AvgIpc) is 2.39. The zero-order chi connectivity index (χ0) is 12.1. The Morgan fingerprint density at radius 2 is 1.65 bits per heavy atom. The predicted molar refractivity (Wildman–Crippen MR) is 70.0 cm³/mol. The van der Waals surface area contributed by atoms with Crippen molar-refractivity contribution in [3.8, 4) is 6.07 Å². The quantitative estimate of drug-likeness (QED) is 0.791. The zero-order valence-corrected chi connectivity index (χ0v) is 10.1. The van der Waals surface area contributed by atoms with E-state index in [0.717, 1.165) is 16.1 Å². The fourth-order valence-electron chi connectivity index (χ4n) is 1.81. The second kappa shape index (κ2) is 5.52. The van der Waals surface area contributed by atoms with Gasteiger partial charge in [-0.2, -0.15) is 5.26 Å². The van der Waals surface area contributed by atoms with E-state index in [-0.39, 0.29) is 5.92 Å². The van der Waals surface area contributed by atoms with Gasteiger partial charge in [-0.15, -0.1) is 0 Å². The minimum atomic E-state index is -0.143. The fraction of sp³-hybridized carbons (Fsp3) is 0.133. The number of benzene rings is 2. The maximum atomic E-state index is 9.24. The molecule has 0 amide bonds. The normalized spacial score (nSPS) is 11.8. The molecule has 2 heteroatoms. The monoisotopic (exact) mass is 241 g/mol. The van der Waals surface area contributed by atoms with Crippen LogP contribution >= 0.6 is 11.6 Å². The fourth-order valence-corrected chi connectivity index (χ4v) is 2.02. The molecule has 0 unspecified atom stereocenters. The maximum absolute atomic E-state index is 9.24.